The Morgan fingerprint density at radius 3 is 1.93 bits per heavy atom. The number of hydrogen-bond acceptors (Lipinski definition) is 4. The first-order valence-corrected chi connectivity index (χ1v) is 5.84. The summed E-state index contributed by atoms with van der Waals surface area (Å²) in [4.78, 5) is 0. The van der Waals surface area contributed by atoms with E-state index in [1.807, 2.05) is 13.8 Å². The van der Waals surface area contributed by atoms with Gasteiger partial charge in [0.15, 0.2) is 0 Å². The zero-order valence-corrected chi connectivity index (χ0v) is 11.7. The minimum atomic E-state index is -4.52. The maximum atomic E-state index is 10.3. The van der Waals surface area contributed by atoms with Gasteiger partial charge in [0.1, 0.15) is 0 Å². The molecule has 0 aromatic carbocycles. The normalized spacial score (nSPS) is 33.5. The van der Waals surface area contributed by atoms with E-state index in [1.54, 1.807) is 0 Å². The van der Waals surface area contributed by atoms with Crippen molar-refractivity contribution in [3.05, 3.63) is 0 Å². The summed E-state index contributed by atoms with van der Waals surface area (Å²) >= 11 is 0. The fourth-order valence-electron chi connectivity index (χ4n) is 2.12. The zero-order chi connectivity index (χ0) is 10.1. The molecule has 0 amide bonds. The van der Waals surface area contributed by atoms with Crippen molar-refractivity contribution in [3.8, 4) is 0 Å². The molecule has 1 rings (SSSR count). The Morgan fingerprint density at radius 1 is 1.14 bits per heavy atom. The Labute approximate surface area is 108 Å². The van der Waals surface area contributed by atoms with Crippen LogP contribution >= 0.6 is 0 Å². The van der Waals surface area contributed by atoms with Gasteiger partial charge in [0, 0.05) is 0 Å². The third-order valence-corrected chi connectivity index (χ3v) is 2.90. The molecule has 1 aliphatic carbocycles. The van der Waals surface area contributed by atoms with Gasteiger partial charge in [0.25, 0.3) is 0 Å². The van der Waals surface area contributed by atoms with Gasteiger partial charge in [-0.05, 0) is 31.1 Å². The first kappa shape index (κ1) is 14.9. The Balaban J connectivity index is 0.00000169. The van der Waals surface area contributed by atoms with Gasteiger partial charge < -0.3 is 4.55 Å². The fraction of sp³-hybridized carbons (Fsp3) is 1.00. The zero-order valence-electron chi connectivity index (χ0n) is 8.89. The van der Waals surface area contributed by atoms with Crippen LogP contribution < -0.4 is 29.6 Å². The molecule has 0 aromatic rings. The molecule has 4 nitrogen and oxygen atoms in total. The molecule has 0 saturated heterocycles. The van der Waals surface area contributed by atoms with E-state index in [1.165, 1.54) is 0 Å². The first-order valence-electron chi connectivity index (χ1n) is 4.51. The summed E-state index contributed by atoms with van der Waals surface area (Å²) in [7, 11) is -4.52. The van der Waals surface area contributed by atoms with Crippen molar-refractivity contribution in [3.63, 3.8) is 0 Å². The summed E-state index contributed by atoms with van der Waals surface area (Å²) in [5.41, 5.74) is 0. The second kappa shape index (κ2) is 5.82. The van der Waals surface area contributed by atoms with Crippen LogP contribution in [0, 0.1) is 11.8 Å². The molecule has 2 unspecified atom stereocenters. The van der Waals surface area contributed by atoms with Gasteiger partial charge in [-0.2, -0.15) is 0 Å². The molecule has 1 aliphatic rings. The van der Waals surface area contributed by atoms with Gasteiger partial charge in [-0.3, -0.25) is 4.18 Å². The van der Waals surface area contributed by atoms with Crippen molar-refractivity contribution in [2.45, 2.75) is 39.2 Å². The summed E-state index contributed by atoms with van der Waals surface area (Å²) in [5.74, 6) is 0.881. The molecule has 0 aromatic heterocycles. The number of rotatable bonds is 2. The summed E-state index contributed by atoms with van der Waals surface area (Å²) < 4.78 is 35.4. The van der Waals surface area contributed by atoms with Crippen molar-refractivity contribution in [2.24, 2.45) is 11.8 Å². The molecule has 0 N–H and O–H groups in total. The first-order chi connectivity index (χ1) is 5.87. The molecule has 1 fully saturated rings. The third-order valence-electron chi connectivity index (χ3n) is 2.39. The van der Waals surface area contributed by atoms with Crippen molar-refractivity contribution in [2.75, 3.05) is 0 Å². The van der Waals surface area contributed by atoms with Crippen molar-refractivity contribution in [1.29, 1.82) is 0 Å². The van der Waals surface area contributed by atoms with E-state index in [-0.39, 0.29) is 29.6 Å². The van der Waals surface area contributed by atoms with Crippen molar-refractivity contribution in [1.82, 2.24) is 0 Å². The monoisotopic (exact) mass is 230 g/mol. The van der Waals surface area contributed by atoms with Crippen LogP contribution in [0.5, 0.6) is 0 Å². The minimum Gasteiger partial charge on any atom is -0.726 e. The largest absolute Gasteiger partial charge is 1.00 e. The second-order valence-corrected chi connectivity index (χ2v) is 5.05. The van der Waals surface area contributed by atoms with Gasteiger partial charge >= 0.3 is 29.6 Å². The van der Waals surface area contributed by atoms with E-state index < -0.39 is 16.5 Å². The molecule has 0 spiro atoms. The van der Waals surface area contributed by atoms with Crippen molar-refractivity contribution < 1.29 is 46.7 Å². The van der Waals surface area contributed by atoms with Crippen molar-refractivity contribution >= 4 is 10.4 Å². The van der Waals surface area contributed by atoms with Crippen LogP contribution in [0.4, 0.5) is 0 Å². The average Bonchev–Trinajstić information content (AvgIpc) is 1.78. The van der Waals surface area contributed by atoms with Gasteiger partial charge in [-0.15, -0.1) is 0 Å². The van der Waals surface area contributed by atoms with E-state index >= 15 is 0 Å². The molecule has 78 valence electrons. The van der Waals surface area contributed by atoms with E-state index in [0.717, 1.165) is 6.42 Å². The van der Waals surface area contributed by atoms with Crippen LogP contribution in [-0.4, -0.2) is 19.1 Å². The number of hydrogen-bond donors (Lipinski definition) is 0. The molecule has 14 heavy (non-hydrogen) atoms. The van der Waals surface area contributed by atoms with Gasteiger partial charge in [-0.25, -0.2) is 8.42 Å². The molecule has 0 bridgehead atoms. The van der Waals surface area contributed by atoms with E-state index in [0.29, 0.717) is 24.7 Å². The minimum absolute atomic E-state index is 0. The topological polar surface area (TPSA) is 66.4 Å². The summed E-state index contributed by atoms with van der Waals surface area (Å²) in [6.07, 6.45) is 2.03. The predicted molar refractivity (Wildman–Crippen MR) is 46.7 cm³/mol. The van der Waals surface area contributed by atoms with E-state index in [9.17, 15) is 13.0 Å². The second-order valence-electron chi connectivity index (χ2n) is 4.04. The van der Waals surface area contributed by atoms with Crippen LogP contribution in [0.3, 0.4) is 0 Å². The Morgan fingerprint density at radius 2 is 1.57 bits per heavy atom. The fourth-order valence-corrected chi connectivity index (χ4v) is 2.61. The molecule has 0 radical (unpaired) electrons. The van der Waals surface area contributed by atoms with Crippen LogP contribution in [0.1, 0.15) is 33.1 Å². The van der Waals surface area contributed by atoms with Gasteiger partial charge in [-0.1, -0.05) is 13.8 Å². The van der Waals surface area contributed by atoms with Crippen LogP contribution in [0.25, 0.3) is 0 Å². The summed E-state index contributed by atoms with van der Waals surface area (Å²) in [5, 5.41) is 0. The molecule has 6 heteroatoms. The SMILES string of the molecule is CC1CC(C)CC(OS(=O)(=O)[O-])C1.[Na+]. The maximum Gasteiger partial charge on any atom is 1.00 e. The Bertz CT molecular complexity index is 255. The maximum absolute atomic E-state index is 10.3. The predicted octanol–water partition coefficient (Wildman–Crippen LogP) is -1.71. The molecule has 0 heterocycles. The Hall–Kier alpha value is 0.870. The van der Waals surface area contributed by atoms with E-state index in [4.69, 9.17) is 0 Å². The van der Waals surface area contributed by atoms with Crippen LogP contribution in [-0.2, 0) is 14.6 Å². The van der Waals surface area contributed by atoms with Gasteiger partial charge in [0.2, 0.25) is 10.4 Å². The van der Waals surface area contributed by atoms with Crippen LogP contribution in [0.2, 0.25) is 0 Å². The smallest absolute Gasteiger partial charge is 0.726 e. The molecular weight excluding hydrogens is 215 g/mol. The molecule has 1 saturated carbocycles. The summed E-state index contributed by atoms with van der Waals surface area (Å²) in [6, 6.07) is 0. The third kappa shape index (κ3) is 5.68. The van der Waals surface area contributed by atoms with Crippen LogP contribution in [0.15, 0.2) is 0 Å². The van der Waals surface area contributed by atoms with E-state index in [2.05, 4.69) is 4.18 Å². The molecule has 2 atom stereocenters. The summed E-state index contributed by atoms with van der Waals surface area (Å²) in [6.45, 7) is 4.09. The van der Waals surface area contributed by atoms with Gasteiger partial charge in [0.05, 0.1) is 6.10 Å². The standard InChI is InChI=1S/C8H16O4S.Na/c1-6-3-7(2)5-8(4-6)12-13(9,10)11;/h6-8H,3-5H2,1-2H3,(H,9,10,11);/q;+1/p-1. The average molecular weight is 230 g/mol. The molecule has 0 aliphatic heterocycles. The Kier molecular flexibility index (Phi) is 6.18. The quantitative estimate of drug-likeness (QED) is 0.322. The molecular formula is C8H15NaO4S.